The topological polar surface area (TPSA) is 102 Å². The predicted octanol–water partition coefficient (Wildman–Crippen LogP) is 2.25. The number of ether oxygens (including phenoxy) is 1. The molecule has 2 N–H and O–H groups in total. The second-order valence-electron chi connectivity index (χ2n) is 6.72. The van der Waals surface area contributed by atoms with Crippen LogP contribution in [0.2, 0.25) is 0 Å². The van der Waals surface area contributed by atoms with E-state index < -0.39 is 9.84 Å². The molecule has 0 saturated heterocycles. The zero-order valence-corrected chi connectivity index (χ0v) is 16.7. The number of benzene rings is 2. The highest BCUT2D eigenvalue weighted by atomic mass is 32.2. The van der Waals surface area contributed by atoms with E-state index in [0.29, 0.717) is 18.7 Å². The smallest absolute Gasteiger partial charge is 0.247 e. The summed E-state index contributed by atoms with van der Waals surface area (Å²) < 4.78 is 29.0. The summed E-state index contributed by atoms with van der Waals surface area (Å²) in [7, 11) is -1.96. The first-order valence-corrected chi connectivity index (χ1v) is 10.8. The third-order valence-corrected chi connectivity index (χ3v) is 5.68. The van der Waals surface area contributed by atoms with E-state index >= 15 is 0 Å². The number of amides is 1. The summed E-state index contributed by atoms with van der Waals surface area (Å²) >= 11 is 0. The van der Waals surface area contributed by atoms with Crippen molar-refractivity contribution < 1.29 is 17.9 Å². The Morgan fingerprint density at radius 3 is 2.57 bits per heavy atom. The summed E-state index contributed by atoms with van der Waals surface area (Å²) in [5.74, 6) is 0.176. The van der Waals surface area contributed by atoms with Gasteiger partial charge in [-0.2, -0.15) is 5.10 Å². The van der Waals surface area contributed by atoms with Crippen LogP contribution in [-0.4, -0.2) is 45.0 Å². The van der Waals surface area contributed by atoms with Gasteiger partial charge in [-0.3, -0.25) is 4.79 Å². The number of hydrogen-bond acceptors (Lipinski definition) is 6. The molecule has 0 bridgehead atoms. The maximum absolute atomic E-state index is 12.6. The number of hydrazone groups is 1. The van der Waals surface area contributed by atoms with Gasteiger partial charge in [0.2, 0.25) is 5.91 Å². The third-order valence-electron chi connectivity index (χ3n) is 4.54. The van der Waals surface area contributed by atoms with Crippen LogP contribution in [0.15, 0.2) is 52.5 Å². The van der Waals surface area contributed by atoms with Crippen LogP contribution in [0.5, 0.6) is 5.75 Å². The number of nitrogens with zero attached hydrogens (tertiary/aromatic N) is 2. The molecule has 3 rings (SSSR count). The SMILES string of the molecule is COc1cc(C2=NN(C(=O)Cc3ccc(N)cc3)CCC2)ccc1S(C)(=O)=O. The molecule has 1 amide bonds. The monoisotopic (exact) mass is 401 g/mol. The Morgan fingerprint density at radius 1 is 1.21 bits per heavy atom. The number of sulfone groups is 1. The molecule has 0 radical (unpaired) electrons. The van der Waals surface area contributed by atoms with E-state index in [1.165, 1.54) is 18.2 Å². The lowest BCUT2D eigenvalue weighted by molar-refractivity contribution is -0.130. The summed E-state index contributed by atoms with van der Waals surface area (Å²) in [5.41, 5.74) is 8.68. The second-order valence-corrected chi connectivity index (χ2v) is 8.71. The van der Waals surface area contributed by atoms with Crippen LogP contribution in [0, 0.1) is 0 Å². The Labute approximate surface area is 164 Å². The molecule has 8 heteroatoms. The quantitative estimate of drug-likeness (QED) is 0.774. The molecule has 7 nitrogen and oxygen atoms in total. The van der Waals surface area contributed by atoms with Crippen LogP contribution in [0.4, 0.5) is 5.69 Å². The van der Waals surface area contributed by atoms with E-state index in [2.05, 4.69) is 5.10 Å². The molecule has 148 valence electrons. The second kappa shape index (κ2) is 8.02. The molecule has 2 aromatic carbocycles. The van der Waals surface area contributed by atoms with Crippen molar-refractivity contribution >= 4 is 27.1 Å². The zero-order valence-electron chi connectivity index (χ0n) is 15.9. The van der Waals surface area contributed by atoms with Crippen molar-refractivity contribution in [3.63, 3.8) is 0 Å². The van der Waals surface area contributed by atoms with Crippen molar-refractivity contribution in [2.45, 2.75) is 24.2 Å². The molecule has 0 atom stereocenters. The van der Waals surface area contributed by atoms with Gasteiger partial charge < -0.3 is 10.5 Å². The molecule has 1 aliphatic rings. The molecule has 2 aromatic rings. The van der Waals surface area contributed by atoms with Gasteiger partial charge in [-0.1, -0.05) is 18.2 Å². The largest absolute Gasteiger partial charge is 0.495 e. The fourth-order valence-corrected chi connectivity index (χ4v) is 3.90. The van der Waals surface area contributed by atoms with E-state index in [9.17, 15) is 13.2 Å². The number of rotatable bonds is 5. The minimum Gasteiger partial charge on any atom is -0.495 e. The third kappa shape index (κ3) is 4.51. The summed E-state index contributed by atoms with van der Waals surface area (Å²) in [5, 5.41) is 5.98. The van der Waals surface area contributed by atoms with Crippen molar-refractivity contribution in [2.24, 2.45) is 5.10 Å². The molecule has 0 aliphatic carbocycles. The maximum atomic E-state index is 12.6. The van der Waals surface area contributed by atoms with Crippen LogP contribution < -0.4 is 10.5 Å². The number of anilines is 1. The molecule has 1 heterocycles. The summed E-state index contributed by atoms with van der Waals surface area (Å²) in [6, 6.07) is 12.1. The van der Waals surface area contributed by atoms with Gasteiger partial charge in [-0.25, -0.2) is 13.4 Å². The normalized spacial score (nSPS) is 14.5. The Bertz CT molecular complexity index is 1010. The van der Waals surface area contributed by atoms with E-state index in [4.69, 9.17) is 10.5 Å². The summed E-state index contributed by atoms with van der Waals surface area (Å²) in [6.07, 6.45) is 2.86. The van der Waals surface area contributed by atoms with Crippen molar-refractivity contribution in [2.75, 3.05) is 25.6 Å². The van der Waals surface area contributed by atoms with Crippen LogP contribution in [0.1, 0.15) is 24.0 Å². The van der Waals surface area contributed by atoms with E-state index in [-0.39, 0.29) is 23.0 Å². The molecule has 0 unspecified atom stereocenters. The average Bonchev–Trinajstić information content (AvgIpc) is 2.68. The van der Waals surface area contributed by atoms with Crippen molar-refractivity contribution in [3.8, 4) is 5.75 Å². The van der Waals surface area contributed by atoms with Gasteiger partial charge in [-0.15, -0.1) is 0 Å². The minimum atomic E-state index is -3.39. The Kier molecular flexibility index (Phi) is 5.69. The highest BCUT2D eigenvalue weighted by molar-refractivity contribution is 7.90. The lowest BCUT2D eigenvalue weighted by atomic mass is 10.0. The predicted molar refractivity (Wildman–Crippen MR) is 108 cm³/mol. The average molecular weight is 401 g/mol. The van der Waals surface area contributed by atoms with Crippen LogP contribution in [0.3, 0.4) is 0 Å². The molecule has 1 aliphatic heterocycles. The first-order chi connectivity index (χ1) is 13.3. The lowest BCUT2D eigenvalue weighted by Gasteiger charge is -2.24. The molecule has 0 aromatic heterocycles. The maximum Gasteiger partial charge on any atom is 0.247 e. The lowest BCUT2D eigenvalue weighted by Crippen LogP contribution is -2.33. The van der Waals surface area contributed by atoms with Gasteiger partial charge in [0.15, 0.2) is 9.84 Å². The number of carbonyl (C=O) groups excluding carboxylic acids is 1. The molecule has 28 heavy (non-hydrogen) atoms. The molecule has 0 spiro atoms. The molecular weight excluding hydrogens is 378 g/mol. The van der Waals surface area contributed by atoms with Gasteiger partial charge in [0, 0.05) is 24.1 Å². The van der Waals surface area contributed by atoms with Crippen LogP contribution in [0.25, 0.3) is 0 Å². The summed E-state index contributed by atoms with van der Waals surface area (Å²) in [4.78, 5) is 12.8. The van der Waals surface area contributed by atoms with Crippen LogP contribution >= 0.6 is 0 Å². The first kappa shape index (κ1) is 19.9. The zero-order chi connectivity index (χ0) is 20.3. The number of methoxy groups -OCH3 is 1. The first-order valence-electron chi connectivity index (χ1n) is 8.88. The fourth-order valence-electron chi connectivity index (χ4n) is 3.08. The van der Waals surface area contributed by atoms with Gasteiger partial charge in [0.1, 0.15) is 10.6 Å². The highest BCUT2D eigenvalue weighted by Crippen LogP contribution is 2.27. The van der Waals surface area contributed by atoms with Crippen LogP contribution in [-0.2, 0) is 21.1 Å². The van der Waals surface area contributed by atoms with Gasteiger partial charge in [0.25, 0.3) is 0 Å². The van der Waals surface area contributed by atoms with Gasteiger partial charge >= 0.3 is 0 Å². The van der Waals surface area contributed by atoms with E-state index in [0.717, 1.165) is 29.5 Å². The standard InChI is InChI=1S/C20H23N3O4S/c1-27-18-13-15(7-10-19(18)28(2,25)26)17-4-3-11-23(22-17)20(24)12-14-5-8-16(21)9-6-14/h5-10,13H,3-4,11-12,21H2,1-2H3. The minimum absolute atomic E-state index is 0.0957. The van der Waals surface area contributed by atoms with Gasteiger partial charge in [0.05, 0.1) is 19.2 Å². The number of hydrogen-bond donors (Lipinski definition) is 1. The number of nitrogens with two attached hydrogens (primary N) is 1. The molecule has 0 fully saturated rings. The number of nitrogen functional groups attached to an aromatic ring is 1. The van der Waals surface area contributed by atoms with Gasteiger partial charge in [-0.05, 0) is 42.7 Å². The Morgan fingerprint density at radius 2 is 1.93 bits per heavy atom. The fraction of sp³-hybridized carbons (Fsp3) is 0.300. The molecule has 0 saturated carbocycles. The summed E-state index contributed by atoms with van der Waals surface area (Å²) in [6.45, 7) is 0.551. The Balaban J connectivity index is 1.83. The number of carbonyl (C=O) groups is 1. The van der Waals surface area contributed by atoms with Crippen molar-refractivity contribution in [3.05, 3.63) is 53.6 Å². The van der Waals surface area contributed by atoms with Crippen molar-refractivity contribution in [1.29, 1.82) is 0 Å². The van der Waals surface area contributed by atoms with E-state index in [1.54, 1.807) is 24.3 Å². The molecular formula is C20H23N3O4S. The Hall–Kier alpha value is -2.87. The highest BCUT2D eigenvalue weighted by Gasteiger charge is 2.21. The van der Waals surface area contributed by atoms with Crippen molar-refractivity contribution in [1.82, 2.24) is 5.01 Å². The van der Waals surface area contributed by atoms with E-state index in [1.807, 2.05) is 12.1 Å².